The number of aromatic nitrogens is 1. The number of carbonyl (C=O) groups is 1. The summed E-state index contributed by atoms with van der Waals surface area (Å²) in [6.45, 7) is 2.03. The quantitative estimate of drug-likeness (QED) is 0.815. The summed E-state index contributed by atoms with van der Waals surface area (Å²) in [5.41, 5.74) is 0.551. The zero-order valence-electron chi connectivity index (χ0n) is 14.6. The largest absolute Gasteiger partial charge is 0.573 e. The van der Waals surface area contributed by atoms with Crippen LogP contribution in [0.25, 0.3) is 0 Å². The van der Waals surface area contributed by atoms with Gasteiger partial charge in [0.1, 0.15) is 17.3 Å². The van der Waals surface area contributed by atoms with E-state index in [-0.39, 0.29) is 11.7 Å². The topological polar surface area (TPSA) is 54.9 Å². The van der Waals surface area contributed by atoms with E-state index in [1.54, 1.807) is 36.3 Å². The first-order chi connectivity index (χ1) is 12.9. The van der Waals surface area contributed by atoms with Crippen LogP contribution in [0.2, 0.25) is 0 Å². The van der Waals surface area contributed by atoms with Gasteiger partial charge in [0.05, 0.1) is 13.3 Å². The smallest absolute Gasteiger partial charge is 0.497 e. The van der Waals surface area contributed by atoms with Gasteiger partial charge in [-0.25, -0.2) is 4.98 Å². The molecule has 144 valence electrons. The highest BCUT2D eigenvalue weighted by molar-refractivity contribution is 5.94. The first-order valence-electron chi connectivity index (χ1n) is 8.26. The molecule has 2 heterocycles. The van der Waals surface area contributed by atoms with E-state index in [1.807, 2.05) is 4.90 Å². The molecule has 0 bridgehead atoms. The molecule has 1 saturated heterocycles. The number of hydrogen-bond acceptors (Lipinski definition) is 5. The number of halogens is 3. The number of carbonyl (C=O) groups excluding carboxylic acids is 1. The summed E-state index contributed by atoms with van der Waals surface area (Å²) in [4.78, 5) is 20.3. The molecule has 1 aliphatic heterocycles. The predicted molar refractivity (Wildman–Crippen MR) is 92.0 cm³/mol. The number of rotatable bonds is 4. The molecule has 1 aromatic heterocycles. The Balaban J connectivity index is 1.59. The van der Waals surface area contributed by atoms with Crippen molar-refractivity contribution in [1.29, 1.82) is 0 Å². The third-order valence-corrected chi connectivity index (χ3v) is 4.16. The summed E-state index contributed by atoms with van der Waals surface area (Å²) < 4.78 is 45.5. The number of amides is 1. The summed E-state index contributed by atoms with van der Waals surface area (Å²) in [5, 5.41) is 0. The Morgan fingerprint density at radius 2 is 1.81 bits per heavy atom. The van der Waals surface area contributed by atoms with Gasteiger partial charge in [-0.2, -0.15) is 0 Å². The van der Waals surface area contributed by atoms with Gasteiger partial charge in [0.15, 0.2) is 0 Å². The van der Waals surface area contributed by atoms with Crippen molar-refractivity contribution in [3.05, 3.63) is 48.2 Å². The molecule has 0 aliphatic carbocycles. The number of benzene rings is 1. The highest BCUT2D eigenvalue weighted by Gasteiger charge is 2.31. The fourth-order valence-electron chi connectivity index (χ4n) is 2.83. The lowest BCUT2D eigenvalue weighted by molar-refractivity contribution is -0.274. The molecule has 1 aliphatic rings. The van der Waals surface area contributed by atoms with E-state index in [2.05, 4.69) is 9.72 Å². The van der Waals surface area contributed by atoms with Gasteiger partial charge in [-0.3, -0.25) is 4.79 Å². The van der Waals surface area contributed by atoms with E-state index in [0.717, 1.165) is 6.20 Å². The van der Waals surface area contributed by atoms with Crippen molar-refractivity contribution in [3.8, 4) is 11.5 Å². The van der Waals surface area contributed by atoms with Gasteiger partial charge in [-0.15, -0.1) is 13.2 Å². The molecule has 1 aromatic carbocycles. The monoisotopic (exact) mass is 381 g/mol. The molecule has 0 atom stereocenters. The zero-order valence-corrected chi connectivity index (χ0v) is 14.6. The third-order valence-electron chi connectivity index (χ3n) is 4.16. The lowest BCUT2D eigenvalue weighted by Gasteiger charge is -2.35. The molecule has 1 amide bonds. The van der Waals surface area contributed by atoms with Crippen LogP contribution in [0.3, 0.4) is 0 Å². The average Bonchev–Trinajstić information content (AvgIpc) is 2.67. The SMILES string of the molecule is COc1cccc(C(=O)N2CCN(c3ccc(OC(F)(F)F)cn3)CC2)c1. The van der Waals surface area contributed by atoms with Crippen LogP contribution in [0.5, 0.6) is 11.5 Å². The van der Waals surface area contributed by atoms with Crippen molar-refractivity contribution in [2.45, 2.75) is 6.36 Å². The number of pyridine rings is 1. The first-order valence-corrected chi connectivity index (χ1v) is 8.26. The summed E-state index contributed by atoms with van der Waals surface area (Å²) in [7, 11) is 1.54. The molecule has 0 radical (unpaired) electrons. The second kappa shape index (κ2) is 7.73. The number of ether oxygens (including phenoxy) is 2. The molecule has 9 heteroatoms. The molecule has 3 rings (SSSR count). The van der Waals surface area contributed by atoms with Crippen LogP contribution in [0.4, 0.5) is 19.0 Å². The molecular formula is C18H18F3N3O3. The Morgan fingerprint density at radius 3 is 2.41 bits per heavy atom. The first kappa shape index (κ1) is 18.8. The molecule has 0 N–H and O–H groups in total. The number of methoxy groups -OCH3 is 1. The lowest BCUT2D eigenvalue weighted by atomic mass is 10.1. The van der Waals surface area contributed by atoms with Crippen molar-refractivity contribution >= 4 is 11.7 Å². The highest BCUT2D eigenvalue weighted by Crippen LogP contribution is 2.24. The minimum absolute atomic E-state index is 0.0876. The van der Waals surface area contributed by atoms with E-state index < -0.39 is 6.36 Å². The Kier molecular flexibility index (Phi) is 5.38. The Labute approximate surface area is 154 Å². The maximum Gasteiger partial charge on any atom is 0.573 e. The summed E-state index contributed by atoms with van der Waals surface area (Å²) in [6, 6.07) is 9.65. The van der Waals surface area contributed by atoms with Crippen molar-refractivity contribution in [2.24, 2.45) is 0 Å². The maximum absolute atomic E-state index is 12.6. The van der Waals surface area contributed by atoms with Crippen LogP contribution in [-0.4, -0.2) is 55.4 Å². The summed E-state index contributed by atoms with van der Waals surface area (Å²) >= 11 is 0. The molecule has 27 heavy (non-hydrogen) atoms. The van der Waals surface area contributed by atoms with Crippen molar-refractivity contribution < 1.29 is 27.4 Å². The second-order valence-corrected chi connectivity index (χ2v) is 5.91. The molecule has 1 fully saturated rings. The van der Waals surface area contributed by atoms with Gasteiger partial charge < -0.3 is 19.3 Å². The van der Waals surface area contributed by atoms with E-state index in [0.29, 0.717) is 43.3 Å². The Bertz CT molecular complexity index is 788. The normalized spacial score (nSPS) is 14.8. The lowest BCUT2D eigenvalue weighted by Crippen LogP contribution is -2.49. The molecule has 0 saturated carbocycles. The van der Waals surface area contributed by atoms with Gasteiger partial charge in [0.2, 0.25) is 0 Å². The minimum Gasteiger partial charge on any atom is -0.497 e. The van der Waals surface area contributed by atoms with Crippen LogP contribution in [-0.2, 0) is 0 Å². The summed E-state index contributed by atoms with van der Waals surface area (Å²) in [6.07, 6.45) is -3.70. The molecule has 0 unspecified atom stereocenters. The van der Waals surface area contributed by atoms with E-state index in [9.17, 15) is 18.0 Å². The summed E-state index contributed by atoms with van der Waals surface area (Å²) in [5.74, 6) is 0.705. The van der Waals surface area contributed by atoms with Gasteiger partial charge in [-0.05, 0) is 30.3 Å². The molecule has 2 aromatic rings. The average molecular weight is 381 g/mol. The number of hydrogen-bond donors (Lipinski definition) is 0. The van der Waals surface area contributed by atoms with E-state index in [4.69, 9.17) is 4.74 Å². The van der Waals surface area contributed by atoms with Gasteiger partial charge in [0, 0.05) is 31.7 Å². The van der Waals surface area contributed by atoms with Crippen LogP contribution < -0.4 is 14.4 Å². The van der Waals surface area contributed by atoms with E-state index in [1.165, 1.54) is 12.1 Å². The fraction of sp³-hybridized carbons (Fsp3) is 0.333. The van der Waals surface area contributed by atoms with Gasteiger partial charge in [-0.1, -0.05) is 6.07 Å². The Morgan fingerprint density at radius 1 is 1.07 bits per heavy atom. The Hall–Kier alpha value is -2.97. The molecular weight excluding hydrogens is 363 g/mol. The highest BCUT2D eigenvalue weighted by atomic mass is 19.4. The maximum atomic E-state index is 12.6. The van der Waals surface area contributed by atoms with Crippen molar-refractivity contribution in [3.63, 3.8) is 0 Å². The fourth-order valence-corrected chi connectivity index (χ4v) is 2.83. The molecule has 6 nitrogen and oxygen atoms in total. The van der Waals surface area contributed by atoms with Crippen LogP contribution >= 0.6 is 0 Å². The zero-order chi connectivity index (χ0) is 19.4. The standard InChI is InChI=1S/C18H18F3N3O3/c1-26-14-4-2-3-13(11-14)17(25)24-9-7-23(8-10-24)16-6-5-15(12-22-16)27-18(19,20)21/h2-6,11-12H,7-10H2,1H3. The van der Waals surface area contributed by atoms with Gasteiger partial charge >= 0.3 is 6.36 Å². The molecule has 0 spiro atoms. The van der Waals surface area contributed by atoms with E-state index >= 15 is 0 Å². The number of anilines is 1. The third kappa shape index (κ3) is 4.81. The number of alkyl halides is 3. The van der Waals surface area contributed by atoms with Gasteiger partial charge in [0.25, 0.3) is 5.91 Å². The minimum atomic E-state index is -4.74. The van der Waals surface area contributed by atoms with Crippen molar-refractivity contribution in [2.75, 3.05) is 38.2 Å². The second-order valence-electron chi connectivity index (χ2n) is 5.91. The van der Waals surface area contributed by atoms with Crippen LogP contribution in [0.1, 0.15) is 10.4 Å². The van der Waals surface area contributed by atoms with Crippen LogP contribution in [0, 0.1) is 0 Å². The predicted octanol–water partition coefficient (Wildman–Crippen LogP) is 2.95. The van der Waals surface area contributed by atoms with Crippen molar-refractivity contribution in [1.82, 2.24) is 9.88 Å². The van der Waals surface area contributed by atoms with Crippen LogP contribution in [0.15, 0.2) is 42.6 Å². The number of piperazine rings is 1. The number of nitrogens with zero attached hydrogens (tertiary/aromatic N) is 3.